The molecule has 0 bridgehead atoms. The predicted molar refractivity (Wildman–Crippen MR) is 136 cm³/mol. The molecule has 10 heteroatoms. The van der Waals surface area contributed by atoms with Crippen LogP contribution in [0.3, 0.4) is 0 Å². The summed E-state index contributed by atoms with van der Waals surface area (Å²) in [5.41, 5.74) is 0. The van der Waals surface area contributed by atoms with E-state index in [0.29, 0.717) is 48.1 Å². The van der Waals surface area contributed by atoms with E-state index in [1.807, 2.05) is 0 Å². The molecular formula is C27H48N2O8+2. The largest absolute Gasteiger partial charge is 0.466 e. The summed E-state index contributed by atoms with van der Waals surface area (Å²) in [5.74, 6) is -0.913. The Morgan fingerprint density at radius 3 is 1.46 bits per heavy atom. The number of unbranched alkanes of at least 4 members (excludes halogenated alkanes) is 2. The van der Waals surface area contributed by atoms with E-state index in [-0.39, 0.29) is 36.1 Å². The van der Waals surface area contributed by atoms with Gasteiger partial charge in [0.15, 0.2) is 12.2 Å². The Kier molecular flexibility index (Phi) is 12.8. The van der Waals surface area contributed by atoms with Gasteiger partial charge in [0.25, 0.3) is 0 Å². The fourth-order valence-corrected chi connectivity index (χ4v) is 5.44. The number of hydrogen-bond acceptors (Lipinski definition) is 8. The van der Waals surface area contributed by atoms with Crippen LogP contribution in [0.25, 0.3) is 0 Å². The third-order valence-electron chi connectivity index (χ3n) is 7.43. The SMILES string of the molecule is CC(=O)OC1CCC[N+](C)(CCC(=O)OCCCCCOC(=O)CC[N+]2(C)CCCC(OC(C)=O)C2)C1. The second-order valence-corrected chi connectivity index (χ2v) is 11.2. The molecule has 2 heterocycles. The number of rotatable bonds is 14. The number of esters is 4. The van der Waals surface area contributed by atoms with Crippen LogP contribution >= 0.6 is 0 Å². The molecule has 2 saturated heterocycles. The van der Waals surface area contributed by atoms with Gasteiger partial charge in [-0.3, -0.25) is 19.2 Å². The van der Waals surface area contributed by atoms with Gasteiger partial charge in [0.1, 0.15) is 13.1 Å². The standard InChI is InChI=1S/C27H48N2O8/c1-22(30)36-24-10-8-14-28(3,20-24)16-12-26(32)34-18-6-5-7-19-35-27(33)13-17-29(4)15-9-11-25(21-29)37-23(2)31/h24-25H,5-21H2,1-4H3/q+2. The minimum absolute atomic E-state index is 0.0736. The Balaban J connectivity index is 1.49. The maximum atomic E-state index is 12.2. The lowest BCUT2D eigenvalue weighted by Crippen LogP contribution is -2.54. The van der Waals surface area contributed by atoms with Crippen molar-refractivity contribution in [1.82, 2.24) is 0 Å². The van der Waals surface area contributed by atoms with Gasteiger partial charge in [-0.1, -0.05) is 0 Å². The first-order chi connectivity index (χ1) is 17.5. The highest BCUT2D eigenvalue weighted by Crippen LogP contribution is 2.21. The smallest absolute Gasteiger partial charge is 0.311 e. The van der Waals surface area contributed by atoms with Crippen molar-refractivity contribution in [2.45, 2.75) is 83.8 Å². The Labute approximate surface area is 221 Å². The molecule has 0 aromatic heterocycles. The molecule has 2 rings (SSSR count). The molecule has 0 spiro atoms. The quantitative estimate of drug-likeness (QED) is 0.146. The molecule has 0 radical (unpaired) electrons. The number of likely N-dealkylation sites (tertiary alicyclic amines) is 2. The molecule has 0 saturated carbocycles. The number of carbonyl (C=O) groups excluding carboxylic acids is 4. The van der Waals surface area contributed by atoms with Gasteiger partial charge >= 0.3 is 23.9 Å². The minimum atomic E-state index is -0.253. The van der Waals surface area contributed by atoms with Crippen LogP contribution in [-0.2, 0) is 38.1 Å². The number of hydrogen-bond donors (Lipinski definition) is 0. The van der Waals surface area contributed by atoms with Crippen LogP contribution in [0.5, 0.6) is 0 Å². The second kappa shape index (κ2) is 15.3. The van der Waals surface area contributed by atoms with E-state index in [2.05, 4.69) is 14.1 Å². The highest BCUT2D eigenvalue weighted by molar-refractivity contribution is 5.69. The van der Waals surface area contributed by atoms with Crippen LogP contribution in [0.2, 0.25) is 0 Å². The lowest BCUT2D eigenvalue weighted by atomic mass is 10.1. The average Bonchev–Trinajstić information content (AvgIpc) is 2.80. The van der Waals surface area contributed by atoms with Crippen molar-refractivity contribution in [2.24, 2.45) is 0 Å². The number of carbonyl (C=O) groups is 4. The fraction of sp³-hybridized carbons (Fsp3) is 0.852. The number of likely N-dealkylation sites (N-methyl/N-ethyl adjacent to an activating group) is 2. The third kappa shape index (κ3) is 12.7. The van der Waals surface area contributed by atoms with Crippen molar-refractivity contribution in [2.75, 3.05) is 66.6 Å². The van der Waals surface area contributed by atoms with E-state index in [1.54, 1.807) is 0 Å². The van der Waals surface area contributed by atoms with Crippen molar-refractivity contribution in [1.29, 1.82) is 0 Å². The average molecular weight is 529 g/mol. The van der Waals surface area contributed by atoms with E-state index in [0.717, 1.165) is 71.1 Å². The van der Waals surface area contributed by atoms with Gasteiger partial charge in [-0.25, -0.2) is 0 Å². The minimum Gasteiger partial charge on any atom is -0.466 e. The van der Waals surface area contributed by atoms with Crippen LogP contribution in [0, 0.1) is 0 Å². The summed E-state index contributed by atoms with van der Waals surface area (Å²) in [6.45, 7) is 8.36. The van der Waals surface area contributed by atoms with E-state index in [4.69, 9.17) is 18.9 Å². The van der Waals surface area contributed by atoms with Gasteiger partial charge in [0.05, 0.1) is 66.3 Å². The summed E-state index contributed by atoms with van der Waals surface area (Å²) in [7, 11) is 4.19. The highest BCUT2D eigenvalue weighted by atomic mass is 16.6. The molecule has 0 aromatic rings. The molecule has 2 aliphatic heterocycles. The highest BCUT2D eigenvalue weighted by Gasteiger charge is 2.34. The van der Waals surface area contributed by atoms with Gasteiger partial charge in [-0.2, -0.15) is 0 Å². The van der Waals surface area contributed by atoms with Gasteiger partial charge in [0.2, 0.25) is 0 Å². The van der Waals surface area contributed by atoms with Crippen LogP contribution in [0.15, 0.2) is 0 Å². The summed E-state index contributed by atoms with van der Waals surface area (Å²) in [5, 5.41) is 0. The monoisotopic (exact) mass is 528 g/mol. The summed E-state index contributed by atoms with van der Waals surface area (Å²) < 4.78 is 22.9. The normalized spacial score (nSPS) is 27.7. The molecule has 0 amide bonds. The second-order valence-electron chi connectivity index (χ2n) is 11.2. The van der Waals surface area contributed by atoms with Crippen LogP contribution in [0.4, 0.5) is 0 Å². The third-order valence-corrected chi connectivity index (χ3v) is 7.43. The topological polar surface area (TPSA) is 105 Å². The Morgan fingerprint density at radius 1 is 0.676 bits per heavy atom. The van der Waals surface area contributed by atoms with E-state index in [1.165, 1.54) is 13.8 Å². The van der Waals surface area contributed by atoms with Crippen LogP contribution in [0.1, 0.15) is 71.6 Å². The van der Waals surface area contributed by atoms with Gasteiger partial charge in [-0.15, -0.1) is 0 Å². The molecule has 212 valence electrons. The predicted octanol–water partition coefficient (Wildman–Crippen LogP) is 2.37. The summed E-state index contributed by atoms with van der Waals surface area (Å²) in [6.07, 6.45) is 6.54. The molecular weight excluding hydrogens is 480 g/mol. The van der Waals surface area contributed by atoms with Gasteiger partial charge in [-0.05, 0) is 32.1 Å². The summed E-state index contributed by atoms with van der Waals surface area (Å²) in [4.78, 5) is 46.8. The van der Waals surface area contributed by atoms with Crippen molar-refractivity contribution in [3.63, 3.8) is 0 Å². The maximum Gasteiger partial charge on any atom is 0.311 e. The van der Waals surface area contributed by atoms with Crippen LogP contribution in [-0.4, -0.2) is 112 Å². The first kappa shape index (κ1) is 31.0. The number of quaternary nitrogens is 2. The lowest BCUT2D eigenvalue weighted by molar-refractivity contribution is -0.916. The van der Waals surface area contributed by atoms with Crippen molar-refractivity contribution in [3.8, 4) is 0 Å². The number of ether oxygens (including phenoxy) is 4. The maximum absolute atomic E-state index is 12.2. The fourth-order valence-electron chi connectivity index (χ4n) is 5.44. The van der Waals surface area contributed by atoms with Gasteiger partial charge in [0, 0.05) is 26.7 Å². The van der Waals surface area contributed by atoms with Crippen LogP contribution < -0.4 is 0 Å². The molecule has 4 unspecified atom stereocenters. The van der Waals surface area contributed by atoms with E-state index >= 15 is 0 Å². The molecule has 0 aromatic carbocycles. The zero-order valence-corrected chi connectivity index (χ0v) is 23.3. The van der Waals surface area contributed by atoms with Crippen molar-refractivity contribution in [3.05, 3.63) is 0 Å². The zero-order chi connectivity index (χ0) is 27.3. The first-order valence-electron chi connectivity index (χ1n) is 13.8. The van der Waals surface area contributed by atoms with E-state index in [9.17, 15) is 19.2 Å². The number of nitrogens with zero attached hydrogens (tertiary/aromatic N) is 2. The van der Waals surface area contributed by atoms with Gasteiger partial charge < -0.3 is 27.9 Å². The molecule has 0 N–H and O–H groups in total. The Hall–Kier alpha value is -2.20. The van der Waals surface area contributed by atoms with Crippen molar-refractivity contribution < 1.29 is 47.1 Å². The molecule has 37 heavy (non-hydrogen) atoms. The molecule has 4 atom stereocenters. The summed E-state index contributed by atoms with van der Waals surface area (Å²) in [6, 6.07) is 0. The Bertz CT molecular complexity index is 714. The number of piperidine rings is 2. The van der Waals surface area contributed by atoms with E-state index < -0.39 is 0 Å². The van der Waals surface area contributed by atoms with Crippen molar-refractivity contribution >= 4 is 23.9 Å². The molecule has 0 aliphatic carbocycles. The Morgan fingerprint density at radius 2 is 1.08 bits per heavy atom. The molecule has 2 fully saturated rings. The summed E-state index contributed by atoms with van der Waals surface area (Å²) >= 11 is 0. The molecule has 2 aliphatic rings. The zero-order valence-electron chi connectivity index (χ0n) is 23.3. The first-order valence-corrected chi connectivity index (χ1v) is 13.8. The lowest BCUT2D eigenvalue weighted by Gasteiger charge is -2.40. The molecule has 10 nitrogen and oxygen atoms in total.